The van der Waals surface area contributed by atoms with Gasteiger partial charge in [-0.25, -0.2) is 0 Å². The van der Waals surface area contributed by atoms with Crippen molar-refractivity contribution in [3.8, 4) is 0 Å². The van der Waals surface area contributed by atoms with Crippen molar-refractivity contribution in [2.45, 2.75) is 25.7 Å². The van der Waals surface area contributed by atoms with Crippen molar-refractivity contribution in [3.05, 3.63) is 22.8 Å². The summed E-state index contributed by atoms with van der Waals surface area (Å²) in [5.74, 6) is 0.684. The second-order valence-electron chi connectivity index (χ2n) is 4.05. The first-order valence-electron chi connectivity index (χ1n) is 4.99. The highest BCUT2D eigenvalue weighted by atomic mass is 14.9. The van der Waals surface area contributed by atoms with E-state index in [1.54, 1.807) is 0 Å². The maximum Gasteiger partial charge on any atom is 0.0416 e. The van der Waals surface area contributed by atoms with Gasteiger partial charge in [0.1, 0.15) is 0 Å². The molecule has 1 aliphatic carbocycles. The molecule has 1 aromatic rings. The second-order valence-corrected chi connectivity index (χ2v) is 4.05. The summed E-state index contributed by atoms with van der Waals surface area (Å²) >= 11 is 0. The van der Waals surface area contributed by atoms with Gasteiger partial charge in [-0.2, -0.15) is 0 Å². The Morgan fingerprint density at radius 3 is 3.15 bits per heavy atom. The van der Waals surface area contributed by atoms with E-state index in [0.29, 0.717) is 5.92 Å². The molecule has 0 saturated heterocycles. The molecule has 13 heavy (non-hydrogen) atoms. The van der Waals surface area contributed by atoms with Gasteiger partial charge in [0.15, 0.2) is 0 Å². The smallest absolute Gasteiger partial charge is 0.0416 e. The predicted octanol–water partition coefficient (Wildman–Crippen LogP) is 2.09. The van der Waals surface area contributed by atoms with Gasteiger partial charge in [0.2, 0.25) is 0 Å². The van der Waals surface area contributed by atoms with Crippen LogP contribution in [0.1, 0.15) is 36.0 Å². The van der Waals surface area contributed by atoms with Gasteiger partial charge in [-0.3, -0.25) is 0 Å². The Labute approximate surface area is 78.1 Å². The van der Waals surface area contributed by atoms with E-state index < -0.39 is 0 Å². The standard InChI is InChI=1S/C11H14N2/c1-2-6-5-13-11-7(6)4-10(12)8-3-9(8)11/h4,6,13H,2-3,5,12H2,1H3. The number of nitrogen functional groups attached to an aromatic ring is 1. The Balaban J connectivity index is 2.17. The van der Waals surface area contributed by atoms with E-state index >= 15 is 0 Å². The zero-order chi connectivity index (χ0) is 9.00. The van der Waals surface area contributed by atoms with Gasteiger partial charge in [-0.1, -0.05) is 6.92 Å². The molecule has 3 N–H and O–H groups in total. The van der Waals surface area contributed by atoms with Crippen molar-refractivity contribution in [3.63, 3.8) is 0 Å². The summed E-state index contributed by atoms with van der Waals surface area (Å²) in [6.07, 6.45) is 2.32. The number of hydrogen-bond donors (Lipinski definition) is 2. The van der Waals surface area contributed by atoms with E-state index in [9.17, 15) is 0 Å². The third-order valence-electron chi connectivity index (χ3n) is 3.30. The lowest BCUT2D eigenvalue weighted by atomic mass is 9.98. The van der Waals surface area contributed by atoms with Crippen LogP contribution in [0.15, 0.2) is 6.07 Å². The number of hydrogen-bond acceptors (Lipinski definition) is 2. The average molecular weight is 174 g/mol. The van der Waals surface area contributed by atoms with Crippen LogP contribution >= 0.6 is 0 Å². The molecule has 1 aromatic carbocycles. The van der Waals surface area contributed by atoms with Gasteiger partial charge in [-0.15, -0.1) is 0 Å². The van der Waals surface area contributed by atoms with Crippen molar-refractivity contribution in [1.29, 1.82) is 0 Å². The zero-order valence-corrected chi connectivity index (χ0v) is 7.85. The molecule has 1 atom stereocenters. The maximum atomic E-state index is 5.93. The first-order chi connectivity index (χ1) is 6.31. The van der Waals surface area contributed by atoms with Gasteiger partial charge in [0.25, 0.3) is 0 Å². The Kier molecular flexibility index (Phi) is 1.22. The number of anilines is 2. The largest absolute Gasteiger partial charge is 0.398 e. The third-order valence-corrected chi connectivity index (χ3v) is 3.30. The van der Waals surface area contributed by atoms with E-state index in [-0.39, 0.29) is 0 Å². The fourth-order valence-corrected chi connectivity index (χ4v) is 2.38. The molecule has 0 bridgehead atoms. The molecule has 1 aliphatic heterocycles. The van der Waals surface area contributed by atoms with Crippen LogP contribution in [0, 0.1) is 0 Å². The highest BCUT2D eigenvalue weighted by Gasteiger charge is 2.32. The first kappa shape index (κ1) is 7.25. The number of rotatable bonds is 1. The molecule has 2 aliphatic rings. The van der Waals surface area contributed by atoms with Crippen molar-refractivity contribution >= 4 is 11.4 Å². The van der Waals surface area contributed by atoms with Crippen LogP contribution in [-0.2, 0) is 6.42 Å². The van der Waals surface area contributed by atoms with Gasteiger partial charge in [0.05, 0.1) is 0 Å². The molecule has 0 saturated carbocycles. The lowest BCUT2D eigenvalue weighted by molar-refractivity contribution is 0.727. The molecule has 1 unspecified atom stereocenters. The Bertz CT molecular complexity index is 382. The molecule has 0 radical (unpaired) electrons. The average Bonchev–Trinajstić information content (AvgIpc) is 2.83. The molecular weight excluding hydrogens is 160 g/mol. The van der Waals surface area contributed by atoms with Crippen molar-refractivity contribution in [2.75, 3.05) is 17.6 Å². The Hall–Kier alpha value is -1.18. The summed E-state index contributed by atoms with van der Waals surface area (Å²) in [7, 11) is 0. The lowest BCUT2D eigenvalue weighted by Crippen LogP contribution is -1.99. The molecule has 0 aromatic heterocycles. The van der Waals surface area contributed by atoms with E-state index in [0.717, 1.165) is 18.7 Å². The summed E-state index contributed by atoms with van der Waals surface area (Å²) in [5, 5.41) is 3.49. The fourth-order valence-electron chi connectivity index (χ4n) is 2.38. The summed E-state index contributed by atoms with van der Waals surface area (Å²) < 4.78 is 0. The van der Waals surface area contributed by atoms with Gasteiger partial charge in [0, 0.05) is 30.3 Å². The van der Waals surface area contributed by atoms with Crippen LogP contribution in [0.2, 0.25) is 0 Å². The van der Waals surface area contributed by atoms with Crippen LogP contribution in [0.5, 0.6) is 0 Å². The Morgan fingerprint density at radius 2 is 2.38 bits per heavy atom. The van der Waals surface area contributed by atoms with Gasteiger partial charge >= 0.3 is 0 Å². The molecule has 0 amide bonds. The zero-order valence-electron chi connectivity index (χ0n) is 7.85. The first-order valence-corrected chi connectivity index (χ1v) is 4.99. The van der Waals surface area contributed by atoms with Gasteiger partial charge in [-0.05, 0) is 29.2 Å². The van der Waals surface area contributed by atoms with Crippen LogP contribution in [0.3, 0.4) is 0 Å². The van der Waals surface area contributed by atoms with Crippen molar-refractivity contribution in [2.24, 2.45) is 0 Å². The molecule has 0 fully saturated rings. The molecule has 3 rings (SSSR count). The molecular formula is C11H14N2. The minimum absolute atomic E-state index is 0.684. The topological polar surface area (TPSA) is 38.0 Å². The minimum atomic E-state index is 0.684. The molecule has 0 spiro atoms. The summed E-state index contributed by atoms with van der Waals surface area (Å²) in [5.41, 5.74) is 12.7. The predicted molar refractivity (Wildman–Crippen MR) is 55.2 cm³/mol. The van der Waals surface area contributed by atoms with E-state index in [1.165, 1.54) is 28.8 Å². The summed E-state index contributed by atoms with van der Waals surface area (Å²) in [4.78, 5) is 0. The van der Waals surface area contributed by atoms with E-state index in [2.05, 4.69) is 18.3 Å². The third kappa shape index (κ3) is 0.831. The number of nitrogens with one attached hydrogen (secondary N) is 1. The number of benzene rings is 1. The minimum Gasteiger partial charge on any atom is -0.398 e. The lowest BCUT2D eigenvalue weighted by Gasteiger charge is -2.05. The van der Waals surface area contributed by atoms with E-state index in [1.807, 2.05) is 0 Å². The monoisotopic (exact) mass is 174 g/mol. The molecule has 68 valence electrons. The molecule has 2 heteroatoms. The number of nitrogens with two attached hydrogens (primary N) is 1. The van der Waals surface area contributed by atoms with Crippen molar-refractivity contribution in [1.82, 2.24) is 0 Å². The molecule has 2 nitrogen and oxygen atoms in total. The Morgan fingerprint density at radius 1 is 1.54 bits per heavy atom. The maximum absolute atomic E-state index is 5.93. The van der Waals surface area contributed by atoms with Crippen molar-refractivity contribution < 1.29 is 0 Å². The quantitative estimate of drug-likeness (QED) is 0.650. The number of fused-ring (bicyclic) bond motifs is 3. The van der Waals surface area contributed by atoms with Gasteiger partial charge < -0.3 is 11.1 Å². The highest BCUT2D eigenvalue weighted by molar-refractivity contribution is 5.79. The van der Waals surface area contributed by atoms with Crippen LogP contribution in [0.25, 0.3) is 0 Å². The normalized spacial score (nSPS) is 22.1. The highest BCUT2D eigenvalue weighted by Crippen LogP contribution is 2.47. The fraction of sp³-hybridized carbons (Fsp3) is 0.455. The summed E-state index contributed by atoms with van der Waals surface area (Å²) in [6.45, 7) is 3.34. The summed E-state index contributed by atoms with van der Waals surface area (Å²) in [6, 6.07) is 2.18. The molecule has 1 heterocycles. The van der Waals surface area contributed by atoms with E-state index in [4.69, 9.17) is 5.73 Å². The SMILES string of the molecule is CCC1CNc2c1cc(N)c1c2C1. The van der Waals surface area contributed by atoms with Crippen LogP contribution in [-0.4, -0.2) is 6.54 Å². The van der Waals surface area contributed by atoms with Crippen LogP contribution < -0.4 is 11.1 Å². The van der Waals surface area contributed by atoms with Crippen LogP contribution in [0.4, 0.5) is 11.4 Å². The second kappa shape index (κ2) is 2.19.